The van der Waals surface area contributed by atoms with E-state index in [1.165, 1.54) is 25.7 Å². The Labute approximate surface area is 115 Å². The third-order valence-electron chi connectivity index (χ3n) is 4.06. The van der Waals surface area contributed by atoms with Crippen LogP contribution >= 0.6 is 0 Å². The lowest BCUT2D eigenvalue weighted by atomic mass is 9.67. The van der Waals surface area contributed by atoms with E-state index in [1.807, 2.05) is 0 Å². The van der Waals surface area contributed by atoms with E-state index in [9.17, 15) is 4.79 Å². The number of carbonyl (C=O) groups is 1. The number of carbonyl (C=O) groups excluding carboxylic acids is 1. The van der Waals surface area contributed by atoms with E-state index in [0.29, 0.717) is 19.4 Å². The van der Waals surface area contributed by atoms with E-state index in [2.05, 4.69) is 17.4 Å². The topological polar surface area (TPSA) is 87.7 Å². The monoisotopic (exact) mass is 269 g/mol. The molecule has 5 heteroatoms. The Morgan fingerprint density at radius 3 is 2.42 bits per heavy atom. The quantitative estimate of drug-likeness (QED) is 0.197. The highest BCUT2D eigenvalue weighted by Crippen LogP contribution is 2.41. The van der Waals surface area contributed by atoms with Gasteiger partial charge in [0.25, 0.3) is 0 Å². The second kappa shape index (κ2) is 8.02. The maximum absolute atomic E-state index is 12.1. The number of amides is 1. The Kier molecular flexibility index (Phi) is 6.67. The average molecular weight is 269 g/mol. The van der Waals surface area contributed by atoms with Crippen molar-refractivity contribution in [1.82, 2.24) is 5.32 Å². The number of nitrogens with two attached hydrogens (primary N) is 1. The van der Waals surface area contributed by atoms with Crippen molar-refractivity contribution in [2.75, 3.05) is 6.54 Å². The summed E-state index contributed by atoms with van der Waals surface area (Å²) >= 11 is 0. The summed E-state index contributed by atoms with van der Waals surface area (Å²) < 4.78 is 0. The minimum Gasteiger partial charge on any atom is -0.409 e. The zero-order chi connectivity index (χ0) is 14.1. The third-order valence-corrected chi connectivity index (χ3v) is 4.06. The summed E-state index contributed by atoms with van der Waals surface area (Å²) in [7, 11) is 0. The van der Waals surface area contributed by atoms with Gasteiger partial charge < -0.3 is 16.3 Å². The largest absolute Gasteiger partial charge is 0.409 e. The summed E-state index contributed by atoms with van der Waals surface area (Å²) in [5, 5.41) is 14.7. The number of nitrogens with zero attached hydrogens (tertiary/aromatic N) is 1. The predicted octanol–water partition coefficient (Wildman–Crippen LogP) is 2.38. The smallest absolute Gasteiger partial charge is 0.233 e. The Morgan fingerprint density at radius 1 is 1.26 bits per heavy atom. The number of nitrogens with one attached hydrogen (secondary N) is 1. The van der Waals surface area contributed by atoms with Crippen LogP contribution in [0.4, 0.5) is 0 Å². The van der Waals surface area contributed by atoms with Crippen molar-refractivity contribution < 1.29 is 10.0 Å². The minimum atomic E-state index is -0.739. The summed E-state index contributed by atoms with van der Waals surface area (Å²) in [5.74, 6) is -0.0261. The van der Waals surface area contributed by atoms with Gasteiger partial charge in [0, 0.05) is 6.54 Å². The highest BCUT2D eigenvalue weighted by Gasteiger charge is 2.48. The Balaban J connectivity index is 2.20. The van der Waals surface area contributed by atoms with Crippen molar-refractivity contribution in [3.63, 3.8) is 0 Å². The van der Waals surface area contributed by atoms with Crippen LogP contribution < -0.4 is 11.1 Å². The van der Waals surface area contributed by atoms with E-state index >= 15 is 0 Å². The molecule has 0 bridgehead atoms. The average Bonchev–Trinajstić information content (AvgIpc) is 2.36. The summed E-state index contributed by atoms with van der Waals surface area (Å²) in [5.41, 5.74) is 4.90. The summed E-state index contributed by atoms with van der Waals surface area (Å²) in [6.45, 7) is 2.89. The molecule has 0 aromatic rings. The molecular weight excluding hydrogens is 242 g/mol. The van der Waals surface area contributed by atoms with Crippen LogP contribution in [0, 0.1) is 5.41 Å². The molecule has 1 amide bonds. The Bertz CT molecular complexity index is 312. The SMILES string of the molecule is CCCCCCCCNC(=O)C1(C(N)=NO)CCC1. The maximum atomic E-state index is 12.1. The standard InChI is InChI=1S/C14H27N3O2/c1-2-3-4-5-6-7-11-16-13(18)14(9-8-10-14)12(15)17-19/h19H,2-11H2,1H3,(H2,15,17)(H,16,18). The van der Waals surface area contributed by atoms with Crippen LogP contribution in [0.25, 0.3) is 0 Å². The van der Waals surface area contributed by atoms with E-state index in [-0.39, 0.29) is 11.7 Å². The first-order valence-electron chi connectivity index (χ1n) is 7.43. The lowest BCUT2D eigenvalue weighted by molar-refractivity contribution is -0.131. The molecule has 0 atom stereocenters. The fourth-order valence-electron chi connectivity index (χ4n) is 2.50. The third kappa shape index (κ3) is 4.11. The van der Waals surface area contributed by atoms with E-state index < -0.39 is 5.41 Å². The second-order valence-electron chi connectivity index (χ2n) is 5.44. The molecule has 0 saturated heterocycles. The Morgan fingerprint density at radius 2 is 1.89 bits per heavy atom. The molecule has 1 saturated carbocycles. The highest BCUT2D eigenvalue weighted by molar-refractivity contribution is 6.07. The number of hydrogen-bond donors (Lipinski definition) is 3. The number of amidine groups is 1. The molecule has 0 spiro atoms. The van der Waals surface area contributed by atoms with Gasteiger partial charge in [0.1, 0.15) is 5.41 Å². The van der Waals surface area contributed by atoms with Gasteiger partial charge in [-0.05, 0) is 19.3 Å². The van der Waals surface area contributed by atoms with Crippen LogP contribution in [0.1, 0.15) is 64.7 Å². The van der Waals surface area contributed by atoms with Gasteiger partial charge in [-0.2, -0.15) is 0 Å². The lowest BCUT2D eigenvalue weighted by Crippen LogP contribution is -2.54. The first-order chi connectivity index (χ1) is 9.17. The van der Waals surface area contributed by atoms with E-state index in [0.717, 1.165) is 19.3 Å². The van der Waals surface area contributed by atoms with E-state index in [4.69, 9.17) is 10.9 Å². The molecular formula is C14H27N3O2. The van der Waals surface area contributed by atoms with Crippen molar-refractivity contribution in [3.05, 3.63) is 0 Å². The van der Waals surface area contributed by atoms with Gasteiger partial charge in [-0.15, -0.1) is 0 Å². The van der Waals surface area contributed by atoms with Crippen LogP contribution in [-0.2, 0) is 4.79 Å². The maximum Gasteiger partial charge on any atom is 0.233 e. The van der Waals surface area contributed by atoms with Crippen molar-refractivity contribution in [3.8, 4) is 0 Å². The number of oxime groups is 1. The number of unbranched alkanes of at least 4 members (excludes halogenated alkanes) is 5. The van der Waals surface area contributed by atoms with Crippen LogP contribution in [0.15, 0.2) is 5.16 Å². The molecule has 110 valence electrons. The number of rotatable bonds is 9. The van der Waals surface area contributed by atoms with Crippen molar-refractivity contribution in [1.29, 1.82) is 0 Å². The molecule has 1 aliphatic carbocycles. The molecule has 5 nitrogen and oxygen atoms in total. The Hall–Kier alpha value is -1.26. The molecule has 1 rings (SSSR count). The van der Waals surface area contributed by atoms with Gasteiger partial charge in [-0.25, -0.2) is 0 Å². The summed E-state index contributed by atoms with van der Waals surface area (Å²) in [6, 6.07) is 0. The molecule has 0 radical (unpaired) electrons. The number of hydrogen-bond acceptors (Lipinski definition) is 3. The molecule has 1 fully saturated rings. The predicted molar refractivity (Wildman–Crippen MR) is 76.1 cm³/mol. The van der Waals surface area contributed by atoms with Crippen molar-refractivity contribution in [2.24, 2.45) is 16.3 Å². The molecule has 0 aromatic heterocycles. The highest BCUT2D eigenvalue weighted by atomic mass is 16.4. The normalized spacial score (nSPS) is 17.8. The molecule has 19 heavy (non-hydrogen) atoms. The van der Waals surface area contributed by atoms with Gasteiger partial charge in [0.15, 0.2) is 5.84 Å². The molecule has 0 aromatic carbocycles. The fraction of sp³-hybridized carbons (Fsp3) is 0.857. The first kappa shape index (κ1) is 15.8. The minimum absolute atomic E-state index is 0.0548. The fourth-order valence-corrected chi connectivity index (χ4v) is 2.50. The van der Waals surface area contributed by atoms with Crippen molar-refractivity contribution in [2.45, 2.75) is 64.7 Å². The van der Waals surface area contributed by atoms with Gasteiger partial charge in [-0.3, -0.25) is 4.79 Å². The summed E-state index contributed by atoms with van der Waals surface area (Å²) in [6.07, 6.45) is 9.53. The lowest BCUT2D eigenvalue weighted by Gasteiger charge is -2.38. The molecule has 1 aliphatic rings. The molecule has 0 unspecified atom stereocenters. The zero-order valence-corrected chi connectivity index (χ0v) is 12.0. The van der Waals surface area contributed by atoms with Gasteiger partial charge >= 0.3 is 0 Å². The first-order valence-corrected chi connectivity index (χ1v) is 7.43. The zero-order valence-electron chi connectivity index (χ0n) is 12.0. The van der Waals surface area contributed by atoms with Gasteiger partial charge in [0.05, 0.1) is 0 Å². The molecule has 4 N–H and O–H groups in total. The van der Waals surface area contributed by atoms with Crippen molar-refractivity contribution >= 4 is 11.7 Å². The van der Waals surface area contributed by atoms with Gasteiger partial charge in [0.2, 0.25) is 5.91 Å². The van der Waals surface area contributed by atoms with E-state index in [1.54, 1.807) is 0 Å². The van der Waals surface area contributed by atoms with Crippen LogP contribution in [0.5, 0.6) is 0 Å². The second-order valence-corrected chi connectivity index (χ2v) is 5.44. The summed E-state index contributed by atoms with van der Waals surface area (Å²) in [4.78, 5) is 12.1. The van der Waals surface area contributed by atoms with Crippen LogP contribution in [0.3, 0.4) is 0 Å². The molecule has 0 aliphatic heterocycles. The van der Waals surface area contributed by atoms with Crippen LogP contribution in [0.2, 0.25) is 0 Å². The van der Waals surface area contributed by atoms with Crippen LogP contribution in [-0.4, -0.2) is 23.5 Å². The van der Waals surface area contributed by atoms with Gasteiger partial charge in [-0.1, -0.05) is 50.6 Å². The molecule has 0 heterocycles.